The van der Waals surface area contributed by atoms with Crippen molar-refractivity contribution < 1.29 is 4.79 Å². The van der Waals surface area contributed by atoms with Crippen molar-refractivity contribution in [1.29, 1.82) is 0 Å². The molecule has 1 N–H and O–H groups in total. The molecule has 0 bridgehead atoms. The quantitative estimate of drug-likeness (QED) is 0.830. The summed E-state index contributed by atoms with van der Waals surface area (Å²) < 4.78 is 0. The van der Waals surface area contributed by atoms with E-state index in [0.29, 0.717) is 18.5 Å². The normalized spacial score (nSPS) is 24.2. The fourth-order valence-electron chi connectivity index (χ4n) is 2.39. The smallest absolute Gasteiger partial charge is 0.223 e. The fraction of sp³-hybridized carbons (Fsp3) is 0.833. The number of carbonyl (C=O) groups excluding carboxylic acids is 1. The van der Waals surface area contributed by atoms with E-state index in [1.54, 1.807) is 19.0 Å². The molecule has 1 saturated heterocycles. The predicted octanol–water partition coefficient (Wildman–Crippen LogP) is 1.47. The second-order valence-corrected chi connectivity index (χ2v) is 6.09. The first-order valence-electron chi connectivity index (χ1n) is 6.27. The predicted molar refractivity (Wildman–Crippen MR) is 72.4 cm³/mol. The van der Waals surface area contributed by atoms with Crippen LogP contribution in [0.1, 0.15) is 32.1 Å². The van der Waals surface area contributed by atoms with Crippen LogP contribution in [0.5, 0.6) is 0 Å². The van der Waals surface area contributed by atoms with Gasteiger partial charge in [-0.1, -0.05) is 24.6 Å². The van der Waals surface area contributed by atoms with Crippen LogP contribution in [-0.2, 0) is 4.79 Å². The lowest BCUT2D eigenvalue weighted by molar-refractivity contribution is -0.128. The van der Waals surface area contributed by atoms with E-state index in [-0.39, 0.29) is 5.91 Å². The van der Waals surface area contributed by atoms with Crippen molar-refractivity contribution >= 4 is 22.8 Å². The van der Waals surface area contributed by atoms with Gasteiger partial charge in [0.15, 0.2) is 5.17 Å². The second-order valence-electron chi connectivity index (χ2n) is 5.13. The Bertz CT molecular complexity index is 322. The lowest BCUT2D eigenvalue weighted by Crippen LogP contribution is -2.40. The zero-order valence-electron chi connectivity index (χ0n) is 10.7. The molecule has 17 heavy (non-hydrogen) atoms. The van der Waals surface area contributed by atoms with Gasteiger partial charge >= 0.3 is 0 Å². The minimum Gasteiger partial charge on any atom is -0.359 e. The maximum atomic E-state index is 11.4. The molecule has 2 fully saturated rings. The molecule has 2 aliphatic rings. The van der Waals surface area contributed by atoms with Crippen molar-refractivity contribution in [2.24, 2.45) is 4.99 Å². The van der Waals surface area contributed by atoms with E-state index in [9.17, 15) is 4.79 Å². The number of carbonyl (C=O) groups is 1. The molecule has 4 nitrogen and oxygen atoms in total. The highest BCUT2D eigenvalue weighted by molar-refractivity contribution is 8.14. The van der Waals surface area contributed by atoms with Crippen LogP contribution >= 0.6 is 11.8 Å². The molecule has 0 unspecified atom stereocenters. The van der Waals surface area contributed by atoms with Crippen LogP contribution in [0.15, 0.2) is 4.99 Å². The van der Waals surface area contributed by atoms with Crippen LogP contribution in [0.3, 0.4) is 0 Å². The maximum absolute atomic E-state index is 11.4. The average molecular weight is 255 g/mol. The van der Waals surface area contributed by atoms with E-state index in [1.807, 2.05) is 11.8 Å². The van der Waals surface area contributed by atoms with E-state index in [1.165, 1.54) is 25.7 Å². The van der Waals surface area contributed by atoms with Crippen LogP contribution < -0.4 is 5.32 Å². The summed E-state index contributed by atoms with van der Waals surface area (Å²) >= 11 is 1.81. The standard InChI is InChI=1S/C12H21N3OS/c1-15(2)10(16)5-8-13-11-14-12(9-17-11)6-3-4-7-12/h3-9H2,1-2H3,(H,13,14). The number of amides is 1. The van der Waals surface area contributed by atoms with Crippen molar-refractivity contribution in [1.82, 2.24) is 10.2 Å². The minimum atomic E-state index is 0.146. The third kappa shape index (κ3) is 3.15. The number of nitrogens with zero attached hydrogens (tertiary/aromatic N) is 2. The minimum absolute atomic E-state index is 0.146. The molecule has 1 aliphatic carbocycles. The van der Waals surface area contributed by atoms with Gasteiger partial charge in [0.2, 0.25) is 5.91 Å². The molecular formula is C12H21N3OS. The van der Waals surface area contributed by atoms with E-state index in [4.69, 9.17) is 0 Å². The van der Waals surface area contributed by atoms with Crippen LogP contribution in [0.2, 0.25) is 0 Å². The number of nitrogens with one attached hydrogen (secondary N) is 1. The summed E-state index contributed by atoms with van der Waals surface area (Å²) in [6, 6.07) is 0. The monoisotopic (exact) mass is 255 g/mol. The molecule has 0 radical (unpaired) electrons. The number of amidine groups is 1. The van der Waals surface area contributed by atoms with E-state index in [0.717, 1.165) is 10.9 Å². The number of rotatable bonds is 3. The number of thioether (sulfide) groups is 1. The van der Waals surface area contributed by atoms with Gasteiger partial charge in [-0.25, -0.2) is 0 Å². The Morgan fingerprint density at radius 2 is 2.18 bits per heavy atom. The molecule has 5 heteroatoms. The Morgan fingerprint density at radius 1 is 1.47 bits per heavy atom. The lowest BCUT2D eigenvalue weighted by Gasteiger charge is -2.21. The van der Waals surface area contributed by atoms with E-state index < -0.39 is 0 Å². The van der Waals surface area contributed by atoms with Crippen LogP contribution in [-0.4, -0.2) is 47.9 Å². The van der Waals surface area contributed by atoms with Crippen molar-refractivity contribution in [2.45, 2.75) is 37.6 Å². The summed E-state index contributed by atoms with van der Waals surface area (Å²) in [5.41, 5.74) is 0.328. The molecule has 1 spiro atoms. The Kier molecular flexibility index (Phi) is 3.97. The summed E-state index contributed by atoms with van der Waals surface area (Å²) in [4.78, 5) is 17.5. The molecule has 0 aromatic rings. The molecule has 0 aromatic carbocycles. The largest absolute Gasteiger partial charge is 0.359 e. The highest BCUT2D eigenvalue weighted by Crippen LogP contribution is 2.37. The van der Waals surface area contributed by atoms with E-state index in [2.05, 4.69) is 10.3 Å². The van der Waals surface area contributed by atoms with Crippen molar-refractivity contribution in [2.75, 3.05) is 26.4 Å². The van der Waals surface area contributed by atoms with Crippen molar-refractivity contribution in [3.05, 3.63) is 0 Å². The SMILES string of the molecule is CN(C)C(=O)CCN=C1NC2(CCCC2)CS1. The number of aliphatic imine (C=N–C) groups is 1. The highest BCUT2D eigenvalue weighted by atomic mass is 32.2. The zero-order chi connectivity index (χ0) is 12.3. The van der Waals surface area contributed by atoms with Crippen molar-refractivity contribution in [3.8, 4) is 0 Å². The van der Waals surface area contributed by atoms with Gasteiger partial charge in [-0.2, -0.15) is 0 Å². The molecule has 1 heterocycles. The molecule has 2 rings (SSSR count). The number of hydrogen-bond acceptors (Lipinski definition) is 3. The van der Waals surface area contributed by atoms with Gasteiger partial charge < -0.3 is 10.2 Å². The van der Waals surface area contributed by atoms with Gasteiger partial charge in [0.25, 0.3) is 0 Å². The molecule has 0 aromatic heterocycles. The van der Waals surface area contributed by atoms with Gasteiger partial charge in [-0.3, -0.25) is 9.79 Å². The molecule has 1 aliphatic heterocycles. The maximum Gasteiger partial charge on any atom is 0.223 e. The summed E-state index contributed by atoms with van der Waals surface area (Å²) in [5, 5.41) is 4.60. The van der Waals surface area contributed by atoms with Crippen molar-refractivity contribution in [3.63, 3.8) is 0 Å². The summed E-state index contributed by atoms with van der Waals surface area (Å²) in [7, 11) is 3.57. The van der Waals surface area contributed by atoms with Gasteiger partial charge in [0.05, 0.1) is 6.54 Å². The average Bonchev–Trinajstić information content (AvgIpc) is 2.90. The zero-order valence-corrected chi connectivity index (χ0v) is 11.5. The third-order valence-corrected chi connectivity index (χ3v) is 4.70. The lowest BCUT2D eigenvalue weighted by atomic mass is 10.0. The Morgan fingerprint density at radius 3 is 2.82 bits per heavy atom. The first-order chi connectivity index (χ1) is 8.11. The number of hydrogen-bond donors (Lipinski definition) is 1. The summed E-state index contributed by atoms with van der Waals surface area (Å²) in [5.74, 6) is 1.29. The molecular weight excluding hydrogens is 234 g/mol. The summed E-state index contributed by atoms with van der Waals surface area (Å²) in [6.07, 6.45) is 5.72. The first-order valence-corrected chi connectivity index (χ1v) is 7.25. The first kappa shape index (κ1) is 12.7. The molecule has 96 valence electrons. The van der Waals surface area contributed by atoms with Crippen LogP contribution in [0, 0.1) is 0 Å². The molecule has 1 saturated carbocycles. The van der Waals surface area contributed by atoms with Crippen LogP contribution in [0.4, 0.5) is 0 Å². The molecule has 0 atom stereocenters. The fourth-order valence-corrected chi connectivity index (χ4v) is 3.63. The Hall–Kier alpha value is -0.710. The van der Waals surface area contributed by atoms with Gasteiger partial charge in [0, 0.05) is 31.8 Å². The van der Waals surface area contributed by atoms with Gasteiger partial charge in [-0.05, 0) is 12.8 Å². The Labute approximate surface area is 107 Å². The highest BCUT2D eigenvalue weighted by Gasteiger charge is 2.39. The van der Waals surface area contributed by atoms with Gasteiger partial charge in [-0.15, -0.1) is 0 Å². The van der Waals surface area contributed by atoms with E-state index >= 15 is 0 Å². The molecule has 1 amide bonds. The van der Waals surface area contributed by atoms with Gasteiger partial charge in [0.1, 0.15) is 0 Å². The topological polar surface area (TPSA) is 44.7 Å². The Balaban J connectivity index is 1.78. The second kappa shape index (κ2) is 5.29. The third-order valence-electron chi connectivity index (χ3n) is 3.50. The summed E-state index contributed by atoms with van der Waals surface area (Å²) in [6.45, 7) is 0.600. The van der Waals surface area contributed by atoms with Crippen LogP contribution in [0.25, 0.3) is 0 Å².